The third-order valence-electron chi connectivity index (χ3n) is 2.58. The molecule has 1 rings (SSSR count). The van der Waals surface area contributed by atoms with Crippen LogP contribution in [-0.4, -0.2) is 25.2 Å². The van der Waals surface area contributed by atoms with Gasteiger partial charge in [0.2, 0.25) is 0 Å². The molecule has 0 aliphatic carbocycles. The predicted octanol–water partition coefficient (Wildman–Crippen LogP) is 2.28. The van der Waals surface area contributed by atoms with Crippen LogP contribution >= 0.6 is 0 Å². The molecule has 1 aromatic rings. The van der Waals surface area contributed by atoms with Crippen molar-refractivity contribution in [3.63, 3.8) is 0 Å². The van der Waals surface area contributed by atoms with Crippen LogP contribution in [-0.2, 0) is 4.74 Å². The van der Waals surface area contributed by atoms with Gasteiger partial charge in [0.05, 0.1) is 4.92 Å². The summed E-state index contributed by atoms with van der Waals surface area (Å²) in [6.45, 7) is 3.64. The van der Waals surface area contributed by atoms with Crippen molar-refractivity contribution in [1.82, 2.24) is 5.32 Å². The van der Waals surface area contributed by atoms with Gasteiger partial charge < -0.3 is 10.1 Å². The SMILES string of the molecule is COCCCNC(C)c1ccc([N+](=O)[O-])cc1. The van der Waals surface area contributed by atoms with Crippen LogP contribution < -0.4 is 5.32 Å². The molecular formula is C12H18N2O3. The Morgan fingerprint density at radius 2 is 2.06 bits per heavy atom. The van der Waals surface area contributed by atoms with Crippen molar-refractivity contribution in [1.29, 1.82) is 0 Å². The molecule has 17 heavy (non-hydrogen) atoms. The van der Waals surface area contributed by atoms with Gasteiger partial charge in [-0.3, -0.25) is 10.1 Å². The van der Waals surface area contributed by atoms with Crippen molar-refractivity contribution in [3.8, 4) is 0 Å². The lowest BCUT2D eigenvalue weighted by molar-refractivity contribution is -0.384. The Kier molecular flexibility index (Phi) is 5.59. The second-order valence-electron chi connectivity index (χ2n) is 3.87. The summed E-state index contributed by atoms with van der Waals surface area (Å²) >= 11 is 0. The van der Waals surface area contributed by atoms with Crippen molar-refractivity contribution in [2.24, 2.45) is 0 Å². The maximum atomic E-state index is 10.5. The van der Waals surface area contributed by atoms with Crippen LogP contribution in [0.15, 0.2) is 24.3 Å². The van der Waals surface area contributed by atoms with Crippen LogP contribution in [0.25, 0.3) is 0 Å². The second-order valence-corrected chi connectivity index (χ2v) is 3.87. The molecule has 0 aliphatic rings. The highest BCUT2D eigenvalue weighted by Crippen LogP contribution is 2.17. The zero-order chi connectivity index (χ0) is 12.7. The number of nitro benzene ring substituents is 1. The first-order valence-electron chi connectivity index (χ1n) is 5.62. The highest BCUT2D eigenvalue weighted by Gasteiger charge is 2.08. The molecule has 1 N–H and O–H groups in total. The lowest BCUT2D eigenvalue weighted by atomic mass is 10.1. The van der Waals surface area contributed by atoms with E-state index in [1.165, 1.54) is 12.1 Å². The van der Waals surface area contributed by atoms with Gasteiger partial charge in [-0.05, 0) is 25.5 Å². The van der Waals surface area contributed by atoms with E-state index in [1.807, 2.05) is 6.92 Å². The number of hydrogen-bond donors (Lipinski definition) is 1. The highest BCUT2D eigenvalue weighted by atomic mass is 16.6. The first-order valence-corrected chi connectivity index (χ1v) is 5.62. The Balaban J connectivity index is 2.46. The maximum Gasteiger partial charge on any atom is 0.269 e. The molecule has 0 saturated carbocycles. The van der Waals surface area contributed by atoms with Gasteiger partial charge in [0.15, 0.2) is 0 Å². The van der Waals surface area contributed by atoms with Gasteiger partial charge in [-0.15, -0.1) is 0 Å². The van der Waals surface area contributed by atoms with Gasteiger partial charge in [0.1, 0.15) is 0 Å². The number of nitrogens with zero attached hydrogens (tertiary/aromatic N) is 1. The first kappa shape index (κ1) is 13.6. The van der Waals surface area contributed by atoms with E-state index >= 15 is 0 Å². The summed E-state index contributed by atoms with van der Waals surface area (Å²) in [4.78, 5) is 10.1. The normalized spacial score (nSPS) is 12.4. The number of benzene rings is 1. The van der Waals surface area contributed by atoms with Gasteiger partial charge in [0, 0.05) is 31.9 Å². The number of nitrogens with one attached hydrogen (secondary N) is 1. The van der Waals surface area contributed by atoms with E-state index in [-0.39, 0.29) is 16.7 Å². The molecular weight excluding hydrogens is 220 g/mol. The van der Waals surface area contributed by atoms with Crippen molar-refractivity contribution in [3.05, 3.63) is 39.9 Å². The Morgan fingerprint density at radius 3 is 2.59 bits per heavy atom. The number of methoxy groups -OCH3 is 1. The number of rotatable bonds is 7. The molecule has 0 heterocycles. The Morgan fingerprint density at radius 1 is 1.41 bits per heavy atom. The van der Waals surface area contributed by atoms with E-state index in [4.69, 9.17) is 4.74 Å². The quantitative estimate of drug-likeness (QED) is 0.449. The molecule has 0 aromatic heterocycles. The van der Waals surface area contributed by atoms with Crippen molar-refractivity contribution in [2.45, 2.75) is 19.4 Å². The van der Waals surface area contributed by atoms with Crippen LogP contribution in [0.5, 0.6) is 0 Å². The van der Waals surface area contributed by atoms with E-state index in [0.29, 0.717) is 0 Å². The van der Waals surface area contributed by atoms with Gasteiger partial charge in [-0.2, -0.15) is 0 Å². The Labute approximate surface area is 101 Å². The van der Waals surface area contributed by atoms with E-state index in [0.717, 1.165) is 25.1 Å². The summed E-state index contributed by atoms with van der Waals surface area (Å²) in [5, 5.41) is 13.8. The van der Waals surface area contributed by atoms with E-state index in [9.17, 15) is 10.1 Å². The van der Waals surface area contributed by atoms with Crippen LogP contribution in [0, 0.1) is 10.1 Å². The number of hydrogen-bond acceptors (Lipinski definition) is 4. The van der Waals surface area contributed by atoms with E-state index in [2.05, 4.69) is 5.32 Å². The van der Waals surface area contributed by atoms with Crippen LogP contribution in [0.3, 0.4) is 0 Å². The van der Waals surface area contributed by atoms with Crippen LogP contribution in [0.2, 0.25) is 0 Å². The summed E-state index contributed by atoms with van der Waals surface area (Å²) in [5.41, 5.74) is 1.17. The van der Waals surface area contributed by atoms with Crippen molar-refractivity contribution in [2.75, 3.05) is 20.3 Å². The minimum Gasteiger partial charge on any atom is -0.385 e. The minimum absolute atomic E-state index is 0.125. The molecule has 1 aromatic carbocycles. The standard InChI is InChI=1S/C12H18N2O3/c1-10(13-8-3-9-17-2)11-4-6-12(7-5-11)14(15)16/h4-7,10,13H,3,8-9H2,1-2H3. The molecule has 94 valence electrons. The van der Waals surface area contributed by atoms with Gasteiger partial charge in [-0.1, -0.05) is 12.1 Å². The maximum absolute atomic E-state index is 10.5. The average molecular weight is 238 g/mol. The number of nitro groups is 1. The average Bonchev–Trinajstić information content (AvgIpc) is 2.34. The summed E-state index contributed by atoms with van der Waals surface area (Å²) in [6.07, 6.45) is 0.952. The number of ether oxygens (including phenoxy) is 1. The monoisotopic (exact) mass is 238 g/mol. The van der Waals surface area contributed by atoms with Crippen molar-refractivity contribution < 1.29 is 9.66 Å². The summed E-state index contributed by atoms with van der Waals surface area (Å²) < 4.78 is 4.96. The smallest absolute Gasteiger partial charge is 0.269 e. The highest BCUT2D eigenvalue weighted by molar-refractivity contribution is 5.33. The zero-order valence-corrected chi connectivity index (χ0v) is 10.2. The molecule has 5 nitrogen and oxygen atoms in total. The molecule has 1 atom stereocenters. The lowest BCUT2D eigenvalue weighted by Gasteiger charge is -2.13. The third kappa shape index (κ3) is 4.50. The van der Waals surface area contributed by atoms with Crippen LogP contribution in [0.1, 0.15) is 24.9 Å². The topological polar surface area (TPSA) is 64.4 Å². The molecule has 5 heteroatoms. The summed E-state index contributed by atoms with van der Waals surface area (Å²) in [5.74, 6) is 0. The Hall–Kier alpha value is -1.46. The fourth-order valence-electron chi connectivity index (χ4n) is 1.54. The molecule has 1 unspecified atom stereocenters. The molecule has 0 radical (unpaired) electrons. The molecule has 0 amide bonds. The van der Waals surface area contributed by atoms with E-state index < -0.39 is 0 Å². The zero-order valence-electron chi connectivity index (χ0n) is 10.2. The van der Waals surface area contributed by atoms with Gasteiger partial charge in [-0.25, -0.2) is 0 Å². The van der Waals surface area contributed by atoms with Crippen molar-refractivity contribution >= 4 is 5.69 Å². The fraction of sp³-hybridized carbons (Fsp3) is 0.500. The van der Waals surface area contributed by atoms with E-state index in [1.54, 1.807) is 19.2 Å². The molecule has 0 bridgehead atoms. The molecule has 0 saturated heterocycles. The molecule has 0 aliphatic heterocycles. The Bertz CT molecular complexity index is 351. The molecule has 0 spiro atoms. The third-order valence-corrected chi connectivity index (χ3v) is 2.58. The van der Waals surface area contributed by atoms with Gasteiger partial charge in [0.25, 0.3) is 5.69 Å². The number of non-ortho nitro benzene ring substituents is 1. The van der Waals surface area contributed by atoms with Crippen LogP contribution in [0.4, 0.5) is 5.69 Å². The fourth-order valence-corrected chi connectivity index (χ4v) is 1.54. The first-order chi connectivity index (χ1) is 8.15. The summed E-state index contributed by atoms with van der Waals surface area (Å²) in [6, 6.07) is 6.82. The summed E-state index contributed by atoms with van der Waals surface area (Å²) in [7, 11) is 1.68. The second kappa shape index (κ2) is 6.98. The van der Waals surface area contributed by atoms with Gasteiger partial charge >= 0.3 is 0 Å². The largest absolute Gasteiger partial charge is 0.385 e. The molecule has 0 fully saturated rings. The lowest BCUT2D eigenvalue weighted by Crippen LogP contribution is -2.20. The predicted molar refractivity (Wildman–Crippen MR) is 66.0 cm³/mol. The minimum atomic E-state index is -0.388.